The van der Waals surface area contributed by atoms with Crippen molar-refractivity contribution < 1.29 is 4.79 Å². The van der Waals surface area contributed by atoms with Crippen molar-refractivity contribution in [1.82, 2.24) is 4.98 Å². The highest BCUT2D eigenvalue weighted by Gasteiger charge is 2.22. The summed E-state index contributed by atoms with van der Waals surface area (Å²) in [7, 11) is 0. The predicted molar refractivity (Wildman–Crippen MR) is 69.6 cm³/mol. The fraction of sp³-hybridized carbons (Fsp3) is 0.286. The topological polar surface area (TPSA) is 30.0 Å². The van der Waals surface area contributed by atoms with E-state index >= 15 is 0 Å². The maximum Gasteiger partial charge on any atom is 0.174 e. The van der Waals surface area contributed by atoms with E-state index in [2.05, 4.69) is 24.0 Å². The summed E-state index contributed by atoms with van der Waals surface area (Å²) < 4.78 is 0. The quantitative estimate of drug-likeness (QED) is 0.765. The maximum atomic E-state index is 11.8. The van der Waals surface area contributed by atoms with Crippen LogP contribution in [0.1, 0.15) is 33.8 Å². The normalized spacial score (nSPS) is 14.8. The van der Waals surface area contributed by atoms with Crippen molar-refractivity contribution in [3.8, 4) is 10.6 Å². The van der Waals surface area contributed by atoms with E-state index in [9.17, 15) is 4.79 Å². The lowest BCUT2D eigenvalue weighted by Gasteiger charge is -2.06. The Balaban J connectivity index is 2.11. The van der Waals surface area contributed by atoms with Crippen LogP contribution >= 0.6 is 11.3 Å². The Morgan fingerprint density at radius 2 is 2.06 bits per heavy atom. The van der Waals surface area contributed by atoms with Crippen LogP contribution in [-0.4, -0.2) is 10.8 Å². The lowest BCUT2D eigenvalue weighted by atomic mass is 10.0. The summed E-state index contributed by atoms with van der Waals surface area (Å²) in [4.78, 5) is 17.3. The van der Waals surface area contributed by atoms with Gasteiger partial charge in [-0.25, -0.2) is 4.98 Å². The molecule has 2 aromatic rings. The highest BCUT2D eigenvalue weighted by Crippen LogP contribution is 2.33. The summed E-state index contributed by atoms with van der Waals surface area (Å²) in [5.41, 5.74) is 3.37. The first-order valence-corrected chi connectivity index (χ1v) is 6.66. The Labute approximate surface area is 104 Å². The SMILES string of the molecule is Cc1ccccc1-c1nc2c(s1)C(=O)CCC2. The van der Waals surface area contributed by atoms with Gasteiger partial charge in [-0.15, -0.1) is 11.3 Å². The van der Waals surface area contributed by atoms with Gasteiger partial charge < -0.3 is 0 Å². The van der Waals surface area contributed by atoms with Crippen molar-refractivity contribution in [2.24, 2.45) is 0 Å². The smallest absolute Gasteiger partial charge is 0.174 e. The van der Waals surface area contributed by atoms with Gasteiger partial charge in [0.1, 0.15) is 5.01 Å². The van der Waals surface area contributed by atoms with Crippen LogP contribution in [-0.2, 0) is 6.42 Å². The van der Waals surface area contributed by atoms with Crippen molar-refractivity contribution in [3.63, 3.8) is 0 Å². The minimum absolute atomic E-state index is 0.267. The van der Waals surface area contributed by atoms with Crippen LogP contribution in [0.25, 0.3) is 10.6 Å². The Morgan fingerprint density at radius 3 is 2.82 bits per heavy atom. The number of aryl methyl sites for hydroxylation is 2. The number of hydrogen-bond acceptors (Lipinski definition) is 3. The highest BCUT2D eigenvalue weighted by atomic mass is 32.1. The molecule has 2 nitrogen and oxygen atoms in total. The van der Waals surface area contributed by atoms with Gasteiger partial charge in [-0.2, -0.15) is 0 Å². The van der Waals surface area contributed by atoms with Crippen molar-refractivity contribution in [2.75, 3.05) is 0 Å². The first kappa shape index (κ1) is 10.7. The molecule has 1 aliphatic rings. The summed E-state index contributed by atoms with van der Waals surface area (Å²) in [5.74, 6) is 0.267. The number of fused-ring (bicyclic) bond motifs is 1. The number of hydrogen-bond donors (Lipinski definition) is 0. The van der Waals surface area contributed by atoms with Gasteiger partial charge in [0.2, 0.25) is 0 Å². The Bertz CT molecular complexity index is 586. The van der Waals surface area contributed by atoms with Crippen LogP contribution in [0.15, 0.2) is 24.3 Å². The van der Waals surface area contributed by atoms with Gasteiger partial charge in [-0.3, -0.25) is 4.79 Å². The summed E-state index contributed by atoms with van der Waals surface area (Å²) in [6.45, 7) is 2.08. The summed E-state index contributed by atoms with van der Waals surface area (Å²) in [6.07, 6.45) is 2.58. The Morgan fingerprint density at radius 1 is 1.24 bits per heavy atom. The van der Waals surface area contributed by atoms with Crippen LogP contribution in [0.3, 0.4) is 0 Å². The molecule has 3 rings (SSSR count). The van der Waals surface area contributed by atoms with E-state index in [-0.39, 0.29) is 5.78 Å². The number of ketones is 1. The third kappa shape index (κ3) is 1.80. The molecule has 1 aliphatic carbocycles. The molecule has 0 unspecified atom stereocenters. The molecule has 1 heterocycles. The number of carbonyl (C=O) groups is 1. The zero-order chi connectivity index (χ0) is 11.8. The third-order valence-corrected chi connectivity index (χ3v) is 4.32. The molecule has 0 amide bonds. The first-order chi connectivity index (χ1) is 8.25. The van der Waals surface area contributed by atoms with Gasteiger partial charge in [0, 0.05) is 12.0 Å². The maximum absolute atomic E-state index is 11.8. The number of rotatable bonds is 1. The molecule has 17 heavy (non-hydrogen) atoms. The molecule has 3 heteroatoms. The molecule has 0 atom stereocenters. The zero-order valence-electron chi connectivity index (χ0n) is 9.69. The van der Waals surface area contributed by atoms with E-state index in [1.807, 2.05) is 12.1 Å². The van der Waals surface area contributed by atoms with Crippen molar-refractivity contribution in [1.29, 1.82) is 0 Å². The second kappa shape index (κ2) is 4.08. The lowest BCUT2D eigenvalue weighted by molar-refractivity contribution is 0.0976. The van der Waals surface area contributed by atoms with Crippen molar-refractivity contribution in [3.05, 3.63) is 40.4 Å². The standard InChI is InChI=1S/C14H13NOS/c1-9-5-2-3-6-10(9)14-15-11-7-4-8-12(16)13(11)17-14/h2-3,5-6H,4,7-8H2,1H3. The largest absolute Gasteiger partial charge is 0.293 e. The molecule has 0 aliphatic heterocycles. The Kier molecular flexibility index (Phi) is 2.56. The zero-order valence-corrected chi connectivity index (χ0v) is 10.5. The van der Waals surface area contributed by atoms with Crippen LogP contribution in [0.4, 0.5) is 0 Å². The van der Waals surface area contributed by atoms with E-state index in [4.69, 9.17) is 0 Å². The third-order valence-electron chi connectivity index (χ3n) is 3.14. The minimum Gasteiger partial charge on any atom is -0.293 e. The second-order valence-corrected chi connectivity index (χ2v) is 5.39. The molecule has 0 saturated carbocycles. The van der Waals surface area contributed by atoms with Crippen LogP contribution in [0.5, 0.6) is 0 Å². The monoisotopic (exact) mass is 243 g/mol. The average molecular weight is 243 g/mol. The van der Waals surface area contributed by atoms with Gasteiger partial charge in [-0.05, 0) is 25.3 Å². The Hall–Kier alpha value is -1.48. The summed E-state index contributed by atoms with van der Waals surface area (Å²) in [6, 6.07) is 8.20. The van der Waals surface area contributed by atoms with E-state index < -0.39 is 0 Å². The van der Waals surface area contributed by atoms with Crippen LogP contribution in [0, 0.1) is 6.92 Å². The van der Waals surface area contributed by atoms with E-state index in [0.717, 1.165) is 34.0 Å². The average Bonchev–Trinajstić information content (AvgIpc) is 2.75. The summed E-state index contributed by atoms with van der Waals surface area (Å²) in [5, 5.41) is 0.989. The van der Waals surface area contributed by atoms with Gasteiger partial charge in [-0.1, -0.05) is 24.3 Å². The fourth-order valence-electron chi connectivity index (χ4n) is 2.20. The van der Waals surface area contributed by atoms with Gasteiger partial charge in [0.25, 0.3) is 0 Å². The van der Waals surface area contributed by atoms with E-state index in [1.54, 1.807) is 11.3 Å². The molecule has 86 valence electrons. The van der Waals surface area contributed by atoms with Crippen LogP contribution < -0.4 is 0 Å². The molecule has 1 aromatic heterocycles. The molecule has 1 aromatic carbocycles. The molecular weight excluding hydrogens is 230 g/mol. The molecule has 0 bridgehead atoms. The number of aromatic nitrogens is 1. The molecule has 0 saturated heterocycles. The predicted octanol–water partition coefficient (Wildman–Crippen LogP) is 3.64. The molecular formula is C14H13NOS. The number of carbonyl (C=O) groups excluding carboxylic acids is 1. The second-order valence-electron chi connectivity index (χ2n) is 4.39. The number of Topliss-reactive ketones (excluding diaryl/α,β-unsaturated/α-hetero) is 1. The van der Waals surface area contributed by atoms with Crippen molar-refractivity contribution >= 4 is 17.1 Å². The first-order valence-electron chi connectivity index (χ1n) is 5.84. The molecule has 0 fully saturated rings. The number of thiazole rings is 1. The van der Waals surface area contributed by atoms with Gasteiger partial charge >= 0.3 is 0 Å². The summed E-state index contributed by atoms with van der Waals surface area (Å²) >= 11 is 1.55. The van der Waals surface area contributed by atoms with Gasteiger partial charge in [0.15, 0.2) is 5.78 Å². The van der Waals surface area contributed by atoms with Gasteiger partial charge in [0.05, 0.1) is 10.6 Å². The minimum atomic E-state index is 0.267. The molecule has 0 radical (unpaired) electrons. The number of nitrogens with zero attached hydrogens (tertiary/aromatic N) is 1. The lowest BCUT2D eigenvalue weighted by Crippen LogP contribution is -2.07. The highest BCUT2D eigenvalue weighted by molar-refractivity contribution is 7.17. The van der Waals surface area contributed by atoms with E-state index in [1.165, 1.54) is 5.56 Å². The number of benzene rings is 1. The molecule has 0 spiro atoms. The molecule has 0 N–H and O–H groups in total. The van der Waals surface area contributed by atoms with E-state index in [0.29, 0.717) is 6.42 Å². The van der Waals surface area contributed by atoms with Crippen LogP contribution in [0.2, 0.25) is 0 Å². The van der Waals surface area contributed by atoms with Crippen molar-refractivity contribution in [2.45, 2.75) is 26.2 Å². The fourth-order valence-corrected chi connectivity index (χ4v) is 3.37.